The second-order valence-electron chi connectivity index (χ2n) is 5.27. The third-order valence-electron chi connectivity index (χ3n) is 3.89. The first kappa shape index (κ1) is 18.7. The first-order chi connectivity index (χ1) is 10.2. The van der Waals surface area contributed by atoms with Gasteiger partial charge in [-0.1, -0.05) is 12.1 Å². The first-order valence-corrected chi connectivity index (χ1v) is 7.36. The molecule has 6 heteroatoms. The molecule has 0 aliphatic carbocycles. The zero-order chi connectivity index (χ0) is 15.1. The summed E-state index contributed by atoms with van der Waals surface area (Å²) < 4.78 is 10.1. The van der Waals surface area contributed by atoms with Crippen molar-refractivity contribution in [2.24, 2.45) is 0 Å². The molecule has 1 fully saturated rings. The molecule has 1 unspecified atom stereocenters. The Morgan fingerprint density at radius 3 is 2.68 bits per heavy atom. The molecule has 1 aromatic rings. The lowest BCUT2D eigenvalue weighted by molar-refractivity contribution is -0.129. The summed E-state index contributed by atoms with van der Waals surface area (Å²) in [4.78, 5) is 14.0. The molecule has 0 radical (unpaired) electrons. The Morgan fingerprint density at radius 2 is 2.05 bits per heavy atom. The maximum atomic E-state index is 12.1. The van der Waals surface area contributed by atoms with Crippen LogP contribution in [0.5, 0.6) is 5.75 Å². The van der Waals surface area contributed by atoms with E-state index in [0.29, 0.717) is 25.6 Å². The smallest absolute Gasteiger partial charge is 0.236 e. The normalized spacial score (nSPS) is 17.2. The van der Waals surface area contributed by atoms with E-state index < -0.39 is 0 Å². The number of methoxy groups -OCH3 is 2. The minimum atomic E-state index is 0. The first-order valence-electron chi connectivity index (χ1n) is 7.36. The number of hydrogen-bond donors (Lipinski definition) is 1. The average molecular weight is 329 g/mol. The van der Waals surface area contributed by atoms with Crippen molar-refractivity contribution in [1.29, 1.82) is 0 Å². The van der Waals surface area contributed by atoms with Gasteiger partial charge in [0.25, 0.3) is 0 Å². The van der Waals surface area contributed by atoms with Crippen molar-refractivity contribution < 1.29 is 14.3 Å². The number of nitrogens with zero attached hydrogens (tertiary/aromatic N) is 1. The van der Waals surface area contributed by atoms with E-state index in [2.05, 4.69) is 17.4 Å². The standard InChI is InChI=1S/C16H24N2O3.ClH/c1-20-10-8-17-11-16(19)18-9-7-14(12-18)13-3-5-15(21-2)6-4-13;/h3-6,14,17H,7-12H2,1-2H3;1H. The maximum Gasteiger partial charge on any atom is 0.236 e. The van der Waals surface area contributed by atoms with Gasteiger partial charge in [-0.25, -0.2) is 0 Å². The van der Waals surface area contributed by atoms with Crippen molar-refractivity contribution in [3.05, 3.63) is 29.8 Å². The van der Waals surface area contributed by atoms with Gasteiger partial charge < -0.3 is 19.7 Å². The second-order valence-corrected chi connectivity index (χ2v) is 5.27. The van der Waals surface area contributed by atoms with Crippen LogP contribution in [-0.2, 0) is 9.53 Å². The van der Waals surface area contributed by atoms with Crippen molar-refractivity contribution >= 4 is 18.3 Å². The maximum absolute atomic E-state index is 12.1. The fraction of sp³-hybridized carbons (Fsp3) is 0.562. The van der Waals surface area contributed by atoms with Crippen LogP contribution >= 0.6 is 12.4 Å². The van der Waals surface area contributed by atoms with Crippen LogP contribution in [0.2, 0.25) is 0 Å². The Balaban J connectivity index is 0.00000242. The van der Waals surface area contributed by atoms with E-state index in [9.17, 15) is 4.79 Å². The zero-order valence-corrected chi connectivity index (χ0v) is 14.0. The molecule has 1 amide bonds. The highest BCUT2D eigenvalue weighted by Crippen LogP contribution is 2.28. The number of nitrogens with one attached hydrogen (secondary N) is 1. The Bertz CT molecular complexity index is 453. The molecule has 1 saturated heterocycles. The molecule has 1 aliphatic heterocycles. The van der Waals surface area contributed by atoms with Crippen LogP contribution in [0.1, 0.15) is 17.9 Å². The third-order valence-corrected chi connectivity index (χ3v) is 3.89. The predicted molar refractivity (Wildman–Crippen MR) is 88.9 cm³/mol. The van der Waals surface area contributed by atoms with Crippen molar-refractivity contribution in [2.45, 2.75) is 12.3 Å². The summed E-state index contributed by atoms with van der Waals surface area (Å²) in [5, 5.41) is 3.10. The number of ether oxygens (including phenoxy) is 2. The Morgan fingerprint density at radius 1 is 1.32 bits per heavy atom. The molecule has 2 rings (SSSR count). The van der Waals surface area contributed by atoms with Gasteiger partial charge in [0.05, 0.1) is 20.3 Å². The highest BCUT2D eigenvalue weighted by atomic mass is 35.5. The van der Waals surface area contributed by atoms with Crippen LogP contribution in [0.4, 0.5) is 0 Å². The topological polar surface area (TPSA) is 50.8 Å². The molecular formula is C16H25ClN2O3. The summed E-state index contributed by atoms with van der Waals surface area (Å²) in [5.74, 6) is 1.47. The summed E-state index contributed by atoms with van der Waals surface area (Å²) in [6.45, 7) is 3.36. The predicted octanol–water partition coefficient (Wildman–Crippen LogP) is 1.67. The summed E-state index contributed by atoms with van der Waals surface area (Å²) >= 11 is 0. The van der Waals surface area contributed by atoms with Crippen LogP contribution in [0.25, 0.3) is 0 Å². The summed E-state index contributed by atoms with van der Waals surface area (Å²) in [7, 11) is 3.32. The largest absolute Gasteiger partial charge is 0.497 e. The quantitative estimate of drug-likeness (QED) is 0.774. The SMILES string of the molecule is COCCNCC(=O)N1CCC(c2ccc(OC)cc2)C1.Cl. The molecule has 22 heavy (non-hydrogen) atoms. The lowest BCUT2D eigenvalue weighted by Crippen LogP contribution is -2.37. The minimum Gasteiger partial charge on any atom is -0.497 e. The molecule has 0 bridgehead atoms. The highest BCUT2D eigenvalue weighted by Gasteiger charge is 2.26. The van der Waals surface area contributed by atoms with Gasteiger partial charge in [-0.15, -0.1) is 12.4 Å². The molecular weight excluding hydrogens is 304 g/mol. The fourth-order valence-electron chi connectivity index (χ4n) is 2.62. The van der Waals surface area contributed by atoms with Crippen LogP contribution in [-0.4, -0.2) is 57.8 Å². The lowest BCUT2D eigenvalue weighted by atomic mass is 9.98. The van der Waals surface area contributed by atoms with Gasteiger partial charge in [0, 0.05) is 32.7 Å². The fourth-order valence-corrected chi connectivity index (χ4v) is 2.62. The highest BCUT2D eigenvalue weighted by molar-refractivity contribution is 5.85. The average Bonchev–Trinajstić information content (AvgIpc) is 3.01. The van der Waals surface area contributed by atoms with Crippen molar-refractivity contribution in [2.75, 3.05) is 47.0 Å². The number of halogens is 1. The molecule has 1 atom stereocenters. The summed E-state index contributed by atoms with van der Waals surface area (Å²) in [6.07, 6.45) is 1.02. The van der Waals surface area contributed by atoms with Gasteiger partial charge in [-0.3, -0.25) is 4.79 Å². The van der Waals surface area contributed by atoms with Gasteiger partial charge >= 0.3 is 0 Å². The number of rotatable bonds is 7. The van der Waals surface area contributed by atoms with Crippen LogP contribution in [0.15, 0.2) is 24.3 Å². The van der Waals surface area contributed by atoms with Crippen LogP contribution in [0.3, 0.4) is 0 Å². The van der Waals surface area contributed by atoms with Crippen LogP contribution < -0.4 is 10.1 Å². The lowest BCUT2D eigenvalue weighted by Gasteiger charge is -2.17. The monoisotopic (exact) mass is 328 g/mol. The Hall–Kier alpha value is -1.30. The molecule has 124 valence electrons. The van der Waals surface area contributed by atoms with Crippen molar-refractivity contribution in [3.8, 4) is 5.75 Å². The second kappa shape index (κ2) is 9.66. The Labute approximate surface area is 138 Å². The van der Waals surface area contributed by atoms with Gasteiger partial charge in [-0.05, 0) is 24.1 Å². The molecule has 5 nitrogen and oxygen atoms in total. The number of carbonyl (C=O) groups excluding carboxylic acids is 1. The number of carbonyl (C=O) groups is 1. The van der Waals surface area contributed by atoms with Crippen molar-refractivity contribution in [1.82, 2.24) is 10.2 Å². The van der Waals surface area contributed by atoms with Crippen molar-refractivity contribution in [3.63, 3.8) is 0 Å². The minimum absolute atomic E-state index is 0. The van der Waals surface area contributed by atoms with E-state index in [1.165, 1.54) is 5.56 Å². The number of amides is 1. The Kier molecular flexibility index (Phi) is 8.24. The summed E-state index contributed by atoms with van der Waals surface area (Å²) in [6, 6.07) is 8.14. The zero-order valence-electron chi connectivity index (χ0n) is 13.2. The number of benzene rings is 1. The molecule has 0 saturated carbocycles. The summed E-state index contributed by atoms with van der Waals surface area (Å²) in [5.41, 5.74) is 1.28. The van der Waals surface area contributed by atoms with E-state index in [4.69, 9.17) is 9.47 Å². The molecule has 1 heterocycles. The van der Waals surface area contributed by atoms with Crippen LogP contribution in [0, 0.1) is 0 Å². The van der Waals surface area contributed by atoms with Gasteiger partial charge in [-0.2, -0.15) is 0 Å². The molecule has 1 aliphatic rings. The van der Waals surface area contributed by atoms with Gasteiger partial charge in [0.15, 0.2) is 0 Å². The van der Waals surface area contributed by atoms with E-state index >= 15 is 0 Å². The van der Waals surface area contributed by atoms with E-state index in [1.54, 1.807) is 14.2 Å². The number of hydrogen-bond acceptors (Lipinski definition) is 4. The molecule has 0 aromatic heterocycles. The molecule has 0 spiro atoms. The molecule has 1 aromatic carbocycles. The number of likely N-dealkylation sites (tertiary alicyclic amines) is 1. The third kappa shape index (κ3) is 5.16. The van der Waals surface area contributed by atoms with Gasteiger partial charge in [0.2, 0.25) is 5.91 Å². The van der Waals surface area contributed by atoms with E-state index in [1.807, 2.05) is 17.0 Å². The molecule has 1 N–H and O–H groups in total. The van der Waals surface area contributed by atoms with Gasteiger partial charge in [0.1, 0.15) is 5.75 Å². The van der Waals surface area contributed by atoms with E-state index in [0.717, 1.165) is 25.3 Å². The van der Waals surface area contributed by atoms with E-state index in [-0.39, 0.29) is 18.3 Å².